The predicted octanol–water partition coefficient (Wildman–Crippen LogP) is 1.42. The smallest absolute Gasteiger partial charge is 0.377 e. The molecule has 0 aliphatic carbocycles. The summed E-state index contributed by atoms with van der Waals surface area (Å²) >= 11 is 0. The molecule has 1 aromatic rings. The van der Waals surface area contributed by atoms with Crippen LogP contribution in [0.3, 0.4) is 0 Å². The van der Waals surface area contributed by atoms with Gasteiger partial charge in [0.25, 0.3) is 5.78 Å². The number of benzene rings is 1. The van der Waals surface area contributed by atoms with E-state index >= 15 is 0 Å². The Morgan fingerprint density at radius 2 is 1.76 bits per heavy atom. The largest absolute Gasteiger partial charge is 0.492 e. The van der Waals surface area contributed by atoms with Crippen molar-refractivity contribution < 1.29 is 28.6 Å². The van der Waals surface area contributed by atoms with Crippen LogP contribution in [0.4, 0.5) is 4.39 Å². The van der Waals surface area contributed by atoms with E-state index in [1.54, 1.807) is 0 Å². The number of ketones is 1. The van der Waals surface area contributed by atoms with Crippen molar-refractivity contribution in [1.29, 1.82) is 0 Å². The Balaban J connectivity index is 3.58. The fourth-order valence-corrected chi connectivity index (χ4v) is 1.50. The van der Waals surface area contributed by atoms with Gasteiger partial charge in [-0.25, -0.2) is 9.18 Å². The molecule has 0 unspecified atom stereocenters. The van der Waals surface area contributed by atoms with Gasteiger partial charge in [0, 0.05) is 0 Å². The number of carbonyl (C=O) groups is 2. The quantitative estimate of drug-likeness (QED) is 0.638. The molecule has 0 fully saturated rings. The van der Waals surface area contributed by atoms with Crippen LogP contribution < -0.4 is 9.47 Å². The molecule has 0 aromatic heterocycles. The maximum atomic E-state index is 13.5. The molecule has 1 N–H and O–H groups in total. The van der Waals surface area contributed by atoms with Crippen LogP contribution in [0.2, 0.25) is 0 Å². The highest BCUT2D eigenvalue weighted by atomic mass is 19.1. The highest BCUT2D eigenvalue weighted by molar-refractivity contribution is 6.41. The van der Waals surface area contributed by atoms with Gasteiger partial charge >= 0.3 is 5.97 Å². The van der Waals surface area contributed by atoms with Crippen LogP contribution in [-0.2, 0) is 4.79 Å². The van der Waals surface area contributed by atoms with Crippen LogP contribution in [-0.4, -0.2) is 31.1 Å². The van der Waals surface area contributed by atoms with Crippen molar-refractivity contribution >= 4 is 11.8 Å². The minimum atomic E-state index is -1.64. The van der Waals surface area contributed by atoms with Crippen molar-refractivity contribution in [2.75, 3.05) is 14.2 Å². The second kappa shape index (κ2) is 4.82. The van der Waals surface area contributed by atoms with Gasteiger partial charge in [0.15, 0.2) is 17.3 Å². The molecule has 17 heavy (non-hydrogen) atoms. The summed E-state index contributed by atoms with van der Waals surface area (Å²) in [6, 6.07) is 1.03. The van der Waals surface area contributed by atoms with Crippen molar-refractivity contribution in [3.8, 4) is 11.5 Å². The highest BCUT2D eigenvalue weighted by Crippen LogP contribution is 2.36. The number of hydrogen-bond donors (Lipinski definition) is 1. The van der Waals surface area contributed by atoms with E-state index in [0.29, 0.717) is 0 Å². The highest BCUT2D eigenvalue weighted by Gasteiger charge is 2.27. The lowest BCUT2D eigenvalue weighted by Crippen LogP contribution is -2.16. The van der Waals surface area contributed by atoms with Crippen molar-refractivity contribution in [3.63, 3.8) is 0 Å². The first-order valence-corrected chi connectivity index (χ1v) is 4.62. The van der Waals surface area contributed by atoms with Crippen molar-refractivity contribution in [1.82, 2.24) is 0 Å². The minimum Gasteiger partial charge on any atom is -0.492 e. The third kappa shape index (κ3) is 2.20. The number of Topliss-reactive ketones (excluding diaryl/α,β-unsaturated/α-hetero) is 1. The van der Waals surface area contributed by atoms with Crippen LogP contribution in [0, 0.1) is 12.7 Å². The number of carboxylic acid groups (broad SMARTS) is 1. The molecule has 0 saturated carbocycles. The Morgan fingerprint density at radius 3 is 2.18 bits per heavy atom. The Morgan fingerprint density at radius 1 is 1.24 bits per heavy atom. The van der Waals surface area contributed by atoms with Gasteiger partial charge in [-0.15, -0.1) is 0 Å². The van der Waals surface area contributed by atoms with Gasteiger partial charge in [0.1, 0.15) is 0 Å². The maximum Gasteiger partial charge on any atom is 0.377 e. The second-order valence-electron chi connectivity index (χ2n) is 3.25. The zero-order valence-corrected chi connectivity index (χ0v) is 9.54. The molecule has 0 bridgehead atoms. The summed E-state index contributed by atoms with van der Waals surface area (Å²) in [5, 5.41) is 8.67. The van der Waals surface area contributed by atoms with Crippen molar-refractivity contribution in [2.45, 2.75) is 6.92 Å². The Labute approximate surface area is 96.8 Å². The summed E-state index contributed by atoms with van der Waals surface area (Å²) in [4.78, 5) is 22.1. The summed E-state index contributed by atoms with van der Waals surface area (Å²) < 4.78 is 23.1. The number of hydrogen-bond acceptors (Lipinski definition) is 4. The third-order valence-corrected chi connectivity index (χ3v) is 2.22. The number of rotatable bonds is 4. The SMILES string of the molecule is COc1c(F)cc(C)c(C(=O)C(=O)O)c1OC. The standard InChI is InChI=1S/C11H11FO5/c1-5-4-6(12)9(16-2)10(17-3)7(5)8(13)11(14)15/h4H,1-3H3,(H,14,15). The number of carboxylic acids is 1. The lowest BCUT2D eigenvalue weighted by Gasteiger charge is -2.13. The van der Waals surface area contributed by atoms with Gasteiger partial charge in [-0.3, -0.25) is 4.79 Å². The molecule has 1 rings (SSSR count). The number of halogens is 1. The summed E-state index contributed by atoms with van der Waals surface area (Å²) in [7, 11) is 2.40. The van der Waals surface area contributed by atoms with Gasteiger partial charge in [-0.2, -0.15) is 0 Å². The van der Waals surface area contributed by atoms with E-state index in [1.807, 2.05) is 0 Å². The average molecular weight is 242 g/mol. The monoisotopic (exact) mass is 242 g/mol. The van der Waals surface area contributed by atoms with Gasteiger partial charge in [-0.1, -0.05) is 0 Å². The molecule has 0 aliphatic heterocycles. The average Bonchev–Trinajstić information content (AvgIpc) is 2.27. The summed E-state index contributed by atoms with van der Waals surface area (Å²) in [6.07, 6.45) is 0. The van der Waals surface area contributed by atoms with Crippen LogP contribution in [0.5, 0.6) is 11.5 Å². The number of methoxy groups -OCH3 is 2. The molecule has 0 atom stereocenters. The zero-order chi connectivity index (χ0) is 13.2. The summed E-state index contributed by atoms with van der Waals surface area (Å²) in [5.74, 6) is -4.03. The first-order valence-electron chi connectivity index (χ1n) is 4.62. The van der Waals surface area contributed by atoms with E-state index in [0.717, 1.165) is 6.07 Å². The molecular formula is C11H11FO5. The van der Waals surface area contributed by atoms with E-state index in [9.17, 15) is 14.0 Å². The lowest BCUT2D eigenvalue weighted by atomic mass is 10.0. The van der Waals surface area contributed by atoms with Crippen molar-refractivity contribution in [2.24, 2.45) is 0 Å². The van der Waals surface area contributed by atoms with Crippen LogP contribution in [0.15, 0.2) is 6.07 Å². The normalized spacial score (nSPS) is 9.88. The van der Waals surface area contributed by atoms with E-state index in [1.165, 1.54) is 21.1 Å². The molecule has 1 aromatic carbocycles. The van der Waals surface area contributed by atoms with E-state index < -0.39 is 17.6 Å². The zero-order valence-electron chi connectivity index (χ0n) is 9.54. The Bertz CT molecular complexity index is 481. The summed E-state index contributed by atoms with van der Waals surface area (Å²) in [5.41, 5.74) is -0.0363. The van der Waals surface area contributed by atoms with Gasteiger partial charge in [-0.05, 0) is 18.6 Å². The molecule has 0 heterocycles. The molecule has 0 saturated heterocycles. The Kier molecular flexibility index (Phi) is 3.67. The third-order valence-electron chi connectivity index (χ3n) is 2.22. The molecule has 5 nitrogen and oxygen atoms in total. The molecule has 0 amide bonds. The molecular weight excluding hydrogens is 231 g/mol. The lowest BCUT2D eigenvalue weighted by molar-refractivity contribution is -0.131. The van der Waals surface area contributed by atoms with E-state index in [-0.39, 0.29) is 22.6 Å². The fraction of sp³-hybridized carbons (Fsp3) is 0.273. The molecule has 92 valence electrons. The van der Waals surface area contributed by atoms with Gasteiger partial charge in [0.2, 0.25) is 0 Å². The van der Waals surface area contributed by atoms with Crippen LogP contribution in [0.25, 0.3) is 0 Å². The number of aliphatic carboxylic acids is 1. The van der Waals surface area contributed by atoms with Gasteiger partial charge < -0.3 is 14.6 Å². The number of aryl methyl sites for hydroxylation is 1. The molecule has 6 heteroatoms. The number of carbonyl (C=O) groups excluding carboxylic acids is 1. The first-order chi connectivity index (χ1) is 7.93. The van der Waals surface area contributed by atoms with E-state index in [2.05, 4.69) is 0 Å². The topological polar surface area (TPSA) is 72.8 Å². The molecule has 0 spiro atoms. The van der Waals surface area contributed by atoms with Crippen molar-refractivity contribution in [3.05, 3.63) is 23.0 Å². The molecule has 0 aliphatic rings. The minimum absolute atomic E-state index is 0.174. The Hall–Kier alpha value is -2.11. The second-order valence-corrected chi connectivity index (χ2v) is 3.25. The van der Waals surface area contributed by atoms with Crippen LogP contribution >= 0.6 is 0 Å². The predicted molar refractivity (Wildman–Crippen MR) is 56.2 cm³/mol. The van der Waals surface area contributed by atoms with Crippen LogP contribution in [0.1, 0.15) is 15.9 Å². The van der Waals surface area contributed by atoms with E-state index in [4.69, 9.17) is 14.6 Å². The molecule has 0 radical (unpaired) electrons. The first kappa shape index (κ1) is 13.0. The maximum absolute atomic E-state index is 13.5. The summed E-state index contributed by atoms with van der Waals surface area (Å²) in [6.45, 7) is 1.42. The van der Waals surface area contributed by atoms with Gasteiger partial charge in [0.05, 0.1) is 19.8 Å². The number of ether oxygens (including phenoxy) is 2. The fourth-order valence-electron chi connectivity index (χ4n) is 1.50.